The molecule has 0 aliphatic carbocycles. The number of alkyl halides is 3. The topological polar surface area (TPSA) is 38.3 Å². The Morgan fingerprint density at radius 2 is 2.11 bits per heavy atom. The first kappa shape index (κ1) is 13.9. The fourth-order valence-corrected chi connectivity index (χ4v) is 2.22. The number of Topliss-reactive ketones (excluding diaryl/α,β-unsaturated/α-hetero) is 1. The van der Waals surface area contributed by atoms with Crippen molar-refractivity contribution in [3.63, 3.8) is 0 Å². The molecular weight excluding hydrogens is 259 g/mol. The fourth-order valence-electron chi connectivity index (χ4n) is 2.22. The summed E-state index contributed by atoms with van der Waals surface area (Å²) in [7, 11) is 0. The van der Waals surface area contributed by atoms with E-state index in [0.717, 1.165) is 12.6 Å². The normalized spacial score (nSPS) is 23.4. The molecular formula is C13H14F3NO2. The van der Waals surface area contributed by atoms with E-state index in [-0.39, 0.29) is 28.9 Å². The summed E-state index contributed by atoms with van der Waals surface area (Å²) in [5.74, 6) is -0.525. The first-order valence-electron chi connectivity index (χ1n) is 5.97. The number of ether oxygens (including phenoxy) is 1. The van der Waals surface area contributed by atoms with Crippen LogP contribution in [0, 0.1) is 11.8 Å². The van der Waals surface area contributed by atoms with Crippen molar-refractivity contribution in [3.8, 4) is 5.75 Å². The fraction of sp³-hybridized carbons (Fsp3) is 0.462. The molecule has 0 amide bonds. The molecule has 0 spiro atoms. The average molecular weight is 273 g/mol. The number of halogens is 3. The lowest BCUT2D eigenvalue weighted by Crippen LogP contribution is -2.22. The summed E-state index contributed by atoms with van der Waals surface area (Å²) in [5, 5.41) is 3.09. The molecule has 1 aromatic rings. The Kier molecular flexibility index (Phi) is 3.80. The Morgan fingerprint density at radius 1 is 1.37 bits per heavy atom. The summed E-state index contributed by atoms with van der Waals surface area (Å²) in [5.41, 5.74) is 0.252. The molecule has 2 atom stereocenters. The van der Waals surface area contributed by atoms with Crippen molar-refractivity contribution in [2.75, 3.05) is 13.1 Å². The Balaban J connectivity index is 2.16. The zero-order valence-corrected chi connectivity index (χ0v) is 10.3. The van der Waals surface area contributed by atoms with Gasteiger partial charge in [-0.2, -0.15) is 0 Å². The maximum atomic E-state index is 12.2. The minimum Gasteiger partial charge on any atom is -0.406 e. The van der Waals surface area contributed by atoms with E-state index in [1.54, 1.807) is 0 Å². The van der Waals surface area contributed by atoms with Crippen LogP contribution in [0.1, 0.15) is 17.3 Å². The molecule has 1 heterocycles. The van der Waals surface area contributed by atoms with Crippen LogP contribution in [0.5, 0.6) is 5.75 Å². The number of rotatable bonds is 3. The van der Waals surface area contributed by atoms with Gasteiger partial charge in [-0.1, -0.05) is 19.1 Å². The SMILES string of the molecule is CC1CNCC1C(=O)c1cccc(OC(F)(F)F)c1. The Morgan fingerprint density at radius 3 is 2.68 bits per heavy atom. The molecule has 1 aromatic carbocycles. The standard InChI is InChI=1S/C13H14F3NO2/c1-8-6-17-7-11(8)12(18)9-3-2-4-10(5-9)19-13(14,15)16/h2-5,8,11,17H,6-7H2,1H3. The minimum atomic E-state index is -4.75. The summed E-state index contributed by atoms with van der Waals surface area (Å²) < 4.78 is 40.2. The van der Waals surface area contributed by atoms with Crippen LogP contribution >= 0.6 is 0 Å². The van der Waals surface area contributed by atoms with E-state index in [0.29, 0.717) is 6.54 Å². The smallest absolute Gasteiger partial charge is 0.406 e. The number of hydrogen-bond donors (Lipinski definition) is 1. The Bertz CT molecular complexity index is 473. The van der Waals surface area contributed by atoms with E-state index in [1.807, 2.05) is 6.92 Å². The van der Waals surface area contributed by atoms with Crippen LogP contribution < -0.4 is 10.1 Å². The number of carbonyl (C=O) groups is 1. The monoisotopic (exact) mass is 273 g/mol. The van der Waals surface area contributed by atoms with Gasteiger partial charge in [-0.25, -0.2) is 0 Å². The zero-order chi connectivity index (χ0) is 14.0. The molecule has 0 aromatic heterocycles. The van der Waals surface area contributed by atoms with Crippen molar-refractivity contribution in [3.05, 3.63) is 29.8 Å². The van der Waals surface area contributed by atoms with Crippen LogP contribution in [0.4, 0.5) is 13.2 Å². The number of hydrogen-bond acceptors (Lipinski definition) is 3. The second-order valence-corrected chi connectivity index (χ2v) is 4.68. The van der Waals surface area contributed by atoms with Gasteiger partial charge < -0.3 is 10.1 Å². The molecule has 1 N–H and O–H groups in total. The second-order valence-electron chi connectivity index (χ2n) is 4.68. The maximum Gasteiger partial charge on any atom is 0.573 e. The third-order valence-corrected chi connectivity index (χ3v) is 3.21. The summed E-state index contributed by atoms with van der Waals surface area (Å²) in [6.45, 7) is 3.25. The van der Waals surface area contributed by atoms with E-state index in [1.165, 1.54) is 18.2 Å². The quantitative estimate of drug-likeness (QED) is 0.860. The van der Waals surface area contributed by atoms with Gasteiger partial charge in [0.1, 0.15) is 5.75 Å². The van der Waals surface area contributed by atoms with Crippen LogP contribution in [0.25, 0.3) is 0 Å². The molecule has 0 saturated carbocycles. The molecule has 3 nitrogen and oxygen atoms in total. The molecule has 6 heteroatoms. The molecule has 104 valence electrons. The molecule has 0 radical (unpaired) electrons. The third kappa shape index (κ3) is 3.47. The summed E-state index contributed by atoms with van der Waals surface area (Å²) in [6.07, 6.45) is -4.75. The molecule has 1 aliphatic rings. The number of nitrogens with one attached hydrogen (secondary N) is 1. The summed E-state index contributed by atoms with van der Waals surface area (Å²) >= 11 is 0. The van der Waals surface area contributed by atoms with Crippen molar-refractivity contribution in [2.24, 2.45) is 11.8 Å². The Hall–Kier alpha value is -1.56. The maximum absolute atomic E-state index is 12.2. The van der Waals surface area contributed by atoms with E-state index < -0.39 is 6.36 Å². The predicted octanol–water partition coefficient (Wildman–Crippen LogP) is 2.62. The van der Waals surface area contributed by atoms with Gasteiger partial charge in [0.25, 0.3) is 0 Å². The van der Waals surface area contributed by atoms with Crippen LogP contribution in [0.3, 0.4) is 0 Å². The molecule has 2 rings (SSSR count). The van der Waals surface area contributed by atoms with Gasteiger partial charge in [0, 0.05) is 18.0 Å². The lowest BCUT2D eigenvalue weighted by molar-refractivity contribution is -0.274. The highest BCUT2D eigenvalue weighted by molar-refractivity contribution is 5.98. The molecule has 2 unspecified atom stereocenters. The summed E-state index contributed by atoms with van der Waals surface area (Å²) in [6, 6.07) is 5.22. The molecule has 1 saturated heterocycles. The third-order valence-electron chi connectivity index (χ3n) is 3.21. The minimum absolute atomic E-state index is 0.148. The van der Waals surface area contributed by atoms with E-state index in [4.69, 9.17) is 0 Å². The number of benzene rings is 1. The van der Waals surface area contributed by atoms with E-state index in [2.05, 4.69) is 10.1 Å². The number of ketones is 1. The van der Waals surface area contributed by atoms with Gasteiger partial charge in [-0.15, -0.1) is 13.2 Å². The van der Waals surface area contributed by atoms with Crippen molar-refractivity contribution in [1.82, 2.24) is 5.32 Å². The first-order valence-corrected chi connectivity index (χ1v) is 5.97. The largest absolute Gasteiger partial charge is 0.573 e. The van der Waals surface area contributed by atoms with Crippen LogP contribution in [-0.4, -0.2) is 25.2 Å². The van der Waals surface area contributed by atoms with Crippen molar-refractivity contribution >= 4 is 5.78 Å². The predicted molar refractivity (Wildman–Crippen MR) is 63.0 cm³/mol. The van der Waals surface area contributed by atoms with Gasteiger partial charge in [0.15, 0.2) is 5.78 Å². The van der Waals surface area contributed by atoms with E-state index >= 15 is 0 Å². The van der Waals surface area contributed by atoms with Crippen LogP contribution in [0.15, 0.2) is 24.3 Å². The van der Waals surface area contributed by atoms with Crippen LogP contribution in [-0.2, 0) is 0 Å². The van der Waals surface area contributed by atoms with Crippen molar-refractivity contribution in [2.45, 2.75) is 13.3 Å². The summed E-state index contributed by atoms with van der Waals surface area (Å²) in [4.78, 5) is 12.2. The molecule has 1 fully saturated rings. The van der Waals surface area contributed by atoms with Gasteiger partial charge in [0.05, 0.1) is 0 Å². The highest BCUT2D eigenvalue weighted by Gasteiger charge is 2.33. The van der Waals surface area contributed by atoms with Gasteiger partial charge in [0.2, 0.25) is 0 Å². The number of carbonyl (C=O) groups excluding carboxylic acids is 1. The lowest BCUT2D eigenvalue weighted by atomic mass is 9.90. The van der Waals surface area contributed by atoms with E-state index in [9.17, 15) is 18.0 Å². The van der Waals surface area contributed by atoms with Gasteiger partial charge in [-0.05, 0) is 24.6 Å². The van der Waals surface area contributed by atoms with Gasteiger partial charge >= 0.3 is 6.36 Å². The first-order chi connectivity index (χ1) is 8.87. The highest BCUT2D eigenvalue weighted by Crippen LogP contribution is 2.26. The Labute approximate surface area is 108 Å². The second kappa shape index (κ2) is 5.21. The molecule has 19 heavy (non-hydrogen) atoms. The van der Waals surface area contributed by atoms with Gasteiger partial charge in [-0.3, -0.25) is 4.79 Å². The molecule has 1 aliphatic heterocycles. The lowest BCUT2D eigenvalue weighted by Gasteiger charge is -2.14. The van der Waals surface area contributed by atoms with Crippen LogP contribution in [0.2, 0.25) is 0 Å². The zero-order valence-electron chi connectivity index (χ0n) is 10.3. The highest BCUT2D eigenvalue weighted by atomic mass is 19.4. The molecule has 0 bridgehead atoms. The van der Waals surface area contributed by atoms with Crippen molar-refractivity contribution in [1.29, 1.82) is 0 Å². The average Bonchev–Trinajstić information content (AvgIpc) is 2.72. The van der Waals surface area contributed by atoms with Crippen molar-refractivity contribution < 1.29 is 22.7 Å².